The van der Waals surface area contributed by atoms with Crippen molar-refractivity contribution in [1.29, 1.82) is 0 Å². The molecule has 0 bridgehead atoms. The van der Waals surface area contributed by atoms with Crippen LogP contribution < -0.4 is 0 Å². The van der Waals surface area contributed by atoms with Crippen molar-refractivity contribution in [2.75, 3.05) is 0 Å². The molecule has 0 saturated heterocycles. The first-order valence-corrected chi connectivity index (χ1v) is 15.2. The van der Waals surface area contributed by atoms with Crippen LogP contribution in [0.15, 0.2) is 12.2 Å². The molecule has 5 rings (SSSR count). The SMILES string of the molecule is C=C(C)[C@@H]1CC[C@]2(C(=O)O)CC(C)(OC(C)=O)[C@]3(C)[C@H](CC[C@@H]4[C@@]5(C)CC[C@H](O)C(C)(C)[C@@H]5CC[C@]43C)[C@@H]12. The number of carbonyl (C=O) groups is 2. The number of fused-ring (bicyclic) bond motifs is 7. The van der Waals surface area contributed by atoms with Gasteiger partial charge in [-0.2, -0.15) is 0 Å². The maximum atomic E-state index is 13.2. The van der Waals surface area contributed by atoms with Crippen LogP contribution in [0.4, 0.5) is 0 Å². The average molecular weight is 529 g/mol. The van der Waals surface area contributed by atoms with Gasteiger partial charge in [-0.3, -0.25) is 9.59 Å². The molecule has 5 aliphatic rings. The van der Waals surface area contributed by atoms with Crippen molar-refractivity contribution in [3.05, 3.63) is 12.2 Å². The summed E-state index contributed by atoms with van der Waals surface area (Å²) in [6.45, 7) is 21.8. The van der Waals surface area contributed by atoms with E-state index in [2.05, 4.69) is 55.0 Å². The topological polar surface area (TPSA) is 83.8 Å². The normalized spacial score (nSPS) is 53.1. The fourth-order valence-corrected chi connectivity index (χ4v) is 12.5. The van der Waals surface area contributed by atoms with Gasteiger partial charge in [0.25, 0.3) is 0 Å². The molecular weight excluding hydrogens is 476 g/mol. The summed E-state index contributed by atoms with van der Waals surface area (Å²) in [5.74, 6) is 0.176. The van der Waals surface area contributed by atoms with E-state index >= 15 is 0 Å². The van der Waals surface area contributed by atoms with Gasteiger partial charge < -0.3 is 14.9 Å². The minimum absolute atomic E-state index is 0.0130. The molecule has 5 saturated carbocycles. The summed E-state index contributed by atoms with van der Waals surface area (Å²) in [5, 5.41) is 21.8. The first-order valence-electron chi connectivity index (χ1n) is 15.2. The van der Waals surface area contributed by atoms with Crippen molar-refractivity contribution < 1.29 is 24.5 Å². The van der Waals surface area contributed by atoms with Crippen LogP contribution in [0.2, 0.25) is 0 Å². The molecule has 38 heavy (non-hydrogen) atoms. The molecule has 1 unspecified atom stereocenters. The molecule has 5 heteroatoms. The third kappa shape index (κ3) is 3.20. The van der Waals surface area contributed by atoms with Gasteiger partial charge in [0.15, 0.2) is 0 Å². The van der Waals surface area contributed by atoms with Gasteiger partial charge in [0, 0.05) is 18.8 Å². The summed E-state index contributed by atoms with van der Waals surface area (Å²) in [6, 6.07) is 0. The Kier molecular flexibility index (Phi) is 6.18. The zero-order valence-electron chi connectivity index (χ0n) is 25.2. The number of rotatable bonds is 3. The second kappa shape index (κ2) is 8.33. The summed E-state index contributed by atoms with van der Waals surface area (Å²) in [5.41, 5.74) is -1.19. The van der Waals surface area contributed by atoms with Crippen LogP contribution >= 0.6 is 0 Å². The molecule has 214 valence electrons. The van der Waals surface area contributed by atoms with E-state index in [-0.39, 0.29) is 51.5 Å². The van der Waals surface area contributed by atoms with Crippen molar-refractivity contribution in [3.8, 4) is 0 Å². The molecule has 0 radical (unpaired) electrons. The third-order valence-electron chi connectivity index (χ3n) is 14.3. The maximum Gasteiger partial charge on any atom is 0.310 e. The minimum Gasteiger partial charge on any atom is -0.481 e. The summed E-state index contributed by atoms with van der Waals surface area (Å²) >= 11 is 0. The fraction of sp³-hybridized carbons (Fsp3) is 0.879. The van der Waals surface area contributed by atoms with Crippen LogP contribution in [0.5, 0.6) is 0 Å². The average Bonchev–Trinajstić information content (AvgIpc) is 3.17. The van der Waals surface area contributed by atoms with Gasteiger partial charge in [0.1, 0.15) is 5.60 Å². The van der Waals surface area contributed by atoms with E-state index in [1.807, 2.05) is 0 Å². The quantitative estimate of drug-likeness (QED) is 0.304. The molecule has 0 aromatic carbocycles. The number of aliphatic hydroxyl groups is 1. The van der Waals surface area contributed by atoms with E-state index in [0.29, 0.717) is 24.7 Å². The summed E-state index contributed by atoms with van der Waals surface area (Å²) in [7, 11) is 0. The van der Waals surface area contributed by atoms with Crippen LogP contribution in [0, 0.1) is 56.7 Å². The van der Waals surface area contributed by atoms with Crippen molar-refractivity contribution >= 4 is 11.9 Å². The van der Waals surface area contributed by atoms with Crippen molar-refractivity contribution in [3.63, 3.8) is 0 Å². The monoisotopic (exact) mass is 528 g/mol. The molecule has 5 nitrogen and oxygen atoms in total. The fourth-order valence-electron chi connectivity index (χ4n) is 12.5. The van der Waals surface area contributed by atoms with E-state index in [9.17, 15) is 19.8 Å². The Bertz CT molecular complexity index is 1050. The highest BCUT2D eigenvalue weighted by Gasteiger charge is 2.78. The summed E-state index contributed by atoms with van der Waals surface area (Å²) in [4.78, 5) is 25.9. The number of carboxylic acid groups (broad SMARTS) is 1. The highest BCUT2D eigenvalue weighted by atomic mass is 16.6. The lowest BCUT2D eigenvalue weighted by atomic mass is 9.30. The Morgan fingerprint density at radius 1 is 0.868 bits per heavy atom. The zero-order chi connectivity index (χ0) is 28.3. The zero-order valence-corrected chi connectivity index (χ0v) is 25.2. The van der Waals surface area contributed by atoms with Gasteiger partial charge in [0.05, 0.1) is 11.5 Å². The van der Waals surface area contributed by atoms with Crippen LogP contribution in [-0.4, -0.2) is 33.9 Å². The van der Waals surface area contributed by atoms with E-state index in [1.165, 1.54) is 6.92 Å². The molecule has 2 N–H and O–H groups in total. The van der Waals surface area contributed by atoms with E-state index in [1.54, 1.807) is 0 Å². The molecule has 0 heterocycles. The number of hydrogen-bond donors (Lipinski definition) is 2. The molecule has 0 aromatic rings. The Morgan fingerprint density at radius 3 is 2.11 bits per heavy atom. The largest absolute Gasteiger partial charge is 0.481 e. The predicted octanol–water partition coefficient (Wildman–Crippen LogP) is 7.02. The molecule has 0 aromatic heterocycles. The third-order valence-corrected chi connectivity index (χ3v) is 14.3. The molecule has 0 spiro atoms. The Labute approximate surface area is 230 Å². The number of allylic oxidation sites excluding steroid dienone is 1. The highest BCUT2D eigenvalue weighted by molar-refractivity contribution is 5.77. The van der Waals surface area contributed by atoms with E-state index in [4.69, 9.17) is 4.74 Å². The first-order chi connectivity index (χ1) is 17.4. The lowest BCUT2D eigenvalue weighted by Crippen LogP contribution is -2.74. The first kappa shape index (κ1) is 28.2. The number of hydrogen-bond acceptors (Lipinski definition) is 4. The van der Waals surface area contributed by atoms with Crippen LogP contribution in [0.1, 0.15) is 113 Å². The summed E-state index contributed by atoms with van der Waals surface area (Å²) in [6.07, 6.45) is 7.52. The van der Waals surface area contributed by atoms with Gasteiger partial charge in [-0.05, 0) is 111 Å². The van der Waals surface area contributed by atoms with Gasteiger partial charge in [-0.25, -0.2) is 0 Å². The van der Waals surface area contributed by atoms with Crippen molar-refractivity contribution in [2.45, 2.75) is 125 Å². The lowest BCUT2D eigenvalue weighted by molar-refractivity contribution is -0.306. The second-order valence-electron chi connectivity index (χ2n) is 15.8. The minimum atomic E-state index is -0.890. The van der Waals surface area contributed by atoms with E-state index in [0.717, 1.165) is 50.5 Å². The number of ether oxygens (including phenoxy) is 1. The van der Waals surface area contributed by atoms with Gasteiger partial charge >= 0.3 is 11.9 Å². The highest BCUT2D eigenvalue weighted by Crippen LogP contribution is 2.79. The summed E-state index contributed by atoms with van der Waals surface area (Å²) < 4.78 is 6.41. The second-order valence-corrected chi connectivity index (χ2v) is 15.8. The Balaban J connectivity index is 1.70. The molecule has 0 amide bonds. The number of aliphatic carboxylic acids is 1. The van der Waals surface area contributed by atoms with Gasteiger partial charge in [-0.15, -0.1) is 0 Å². The predicted molar refractivity (Wildman–Crippen MR) is 148 cm³/mol. The van der Waals surface area contributed by atoms with Crippen LogP contribution in [0.3, 0.4) is 0 Å². The van der Waals surface area contributed by atoms with Crippen molar-refractivity contribution in [2.24, 2.45) is 56.7 Å². The molecular formula is C33H52O5. The number of carboxylic acids is 1. The van der Waals surface area contributed by atoms with Gasteiger partial charge in [0.2, 0.25) is 0 Å². The molecule has 0 aliphatic heterocycles. The lowest BCUT2D eigenvalue weighted by Gasteiger charge is -2.75. The molecule has 11 atom stereocenters. The van der Waals surface area contributed by atoms with E-state index < -0.39 is 17.0 Å². The Hall–Kier alpha value is -1.36. The maximum absolute atomic E-state index is 13.2. The number of carbonyl (C=O) groups excluding carboxylic acids is 1. The smallest absolute Gasteiger partial charge is 0.310 e. The van der Waals surface area contributed by atoms with Crippen molar-refractivity contribution in [1.82, 2.24) is 0 Å². The number of aliphatic hydroxyl groups excluding tert-OH is 1. The molecule has 5 aliphatic carbocycles. The van der Waals surface area contributed by atoms with Crippen LogP contribution in [-0.2, 0) is 14.3 Å². The van der Waals surface area contributed by atoms with Gasteiger partial charge in [-0.1, -0.05) is 46.8 Å². The standard InChI is InChI=1S/C33H52O5/c1-19(2)21-12-17-33(27(36)37)18-31(8,38-20(3)34)32(9)22(26(21)33)10-11-24-29(6)15-14-25(35)28(4,5)23(29)13-16-30(24,32)7/h21-26,35H,1,10-18H2,2-9H3,(H,36,37)/t21-,22+,23-,24+,25-,26+,29-,30+,31?,32+,33-/m0/s1. The molecule has 5 fully saturated rings. The van der Waals surface area contributed by atoms with Crippen LogP contribution in [0.25, 0.3) is 0 Å². The Morgan fingerprint density at radius 2 is 1.53 bits per heavy atom. The number of esters is 1.